The van der Waals surface area contributed by atoms with Crippen molar-refractivity contribution in [1.29, 1.82) is 0 Å². The van der Waals surface area contributed by atoms with Gasteiger partial charge in [0, 0.05) is 24.0 Å². The topological polar surface area (TPSA) is 36.1 Å². The molecule has 1 aromatic heterocycles. The zero-order chi connectivity index (χ0) is 16.4. The van der Waals surface area contributed by atoms with E-state index in [1.165, 1.54) is 5.56 Å². The Morgan fingerprint density at radius 1 is 1.09 bits per heavy atom. The smallest absolute Gasteiger partial charge is 0.270 e. The highest BCUT2D eigenvalue weighted by Gasteiger charge is 2.20. The lowest BCUT2D eigenvalue weighted by Crippen LogP contribution is -2.31. The number of hydrogen-bond acceptors (Lipinski definition) is 1. The van der Waals surface area contributed by atoms with Gasteiger partial charge in [-0.05, 0) is 43.5 Å². The molecule has 0 radical (unpaired) electrons. The number of aromatic nitrogens is 1. The molecule has 23 heavy (non-hydrogen) atoms. The summed E-state index contributed by atoms with van der Waals surface area (Å²) in [5.74, 6) is 0.0581. The number of nitrogens with zero attached hydrogens (tertiary/aromatic N) is 1. The van der Waals surface area contributed by atoms with Gasteiger partial charge in [0.2, 0.25) is 0 Å². The highest BCUT2D eigenvalue weighted by Crippen LogP contribution is 2.24. The molecule has 0 bridgehead atoms. The summed E-state index contributed by atoms with van der Waals surface area (Å²) >= 11 is 0. The standard InChI is InChI=1S/C20H22N2O/c1-4-22(13-16-8-6-5-7-9-16)20(23)19-15(3)17-11-10-14(2)12-18(17)21-19/h5-12,21H,4,13H2,1-3H3. The fourth-order valence-corrected chi connectivity index (χ4v) is 2.95. The Balaban J connectivity index is 1.93. The number of amides is 1. The van der Waals surface area contributed by atoms with Crippen LogP contribution in [0.5, 0.6) is 0 Å². The molecule has 3 rings (SSSR count). The number of H-pyrrole nitrogens is 1. The number of carbonyl (C=O) groups is 1. The molecule has 0 fully saturated rings. The lowest BCUT2D eigenvalue weighted by Gasteiger charge is -2.20. The fourth-order valence-electron chi connectivity index (χ4n) is 2.95. The first kappa shape index (κ1) is 15.3. The molecule has 0 aliphatic rings. The van der Waals surface area contributed by atoms with Crippen LogP contribution in [0.25, 0.3) is 10.9 Å². The second-order valence-electron chi connectivity index (χ2n) is 5.98. The number of carbonyl (C=O) groups excluding carboxylic acids is 1. The van der Waals surface area contributed by atoms with Crippen molar-refractivity contribution < 1.29 is 4.79 Å². The van der Waals surface area contributed by atoms with Crippen LogP contribution >= 0.6 is 0 Å². The molecular weight excluding hydrogens is 284 g/mol. The summed E-state index contributed by atoms with van der Waals surface area (Å²) in [6.07, 6.45) is 0. The van der Waals surface area contributed by atoms with Crippen LogP contribution in [0.1, 0.15) is 34.1 Å². The molecule has 1 amide bonds. The summed E-state index contributed by atoms with van der Waals surface area (Å²) in [6, 6.07) is 16.4. The molecule has 3 heteroatoms. The predicted molar refractivity (Wildman–Crippen MR) is 94.6 cm³/mol. The van der Waals surface area contributed by atoms with Crippen LogP contribution < -0.4 is 0 Å². The molecular formula is C20H22N2O. The summed E-state index contributed by atoms with van der Waals surface area (Å²) < 4.78 is 0. The minimum atomic E-state index is 0.0581. The van der Waals surface area contributed by atoms with Gasteiger partial charge in [0.05, 0.1) is 0 Å². The van der Waals surface area contributed by atoms with Gasteiger partial charge in [-0.1, -0.05) is 42.5 Å². The minimum Gasteiger partial charge on any atom is -0.350 e. The molecule has 1 heterocycles. The Bertz CT molecular complexity index is 833. The Morgan fingerprint density at radius 2 is 1.83 bits per heavy atom. The van der Waals surface area contributed by atoms with Gasteiger partial charge in [-0.25, -0.2) is 0 Å². The minimum absolute atomic E-state index is 0.0581. The van der Waals surface area contributed by atoms with E-state index in [-0.39, 0.29) is 5.91 Å². The van der Waals surface area contributed by atoms with E-state index in [9.17, 15) is 4.79 Å². The highest BCUT2D eigenvalue weighted by atomic mass is 16.2. The van der Waals surface area contributed by atoms with E-state index < -0.39 is 0 Å². The van der Waals surface area contributed by atoms with Crippen LogP contribution in [-0.4, -0.2) is 22.3 Å². The van der Waals surface area contributed by atoms with Crippen molar-refractivity contribution in [2.75, 3.05) is 6.54 Å². The number of hydrogen-bond donors (Lipinski definition) is 1. The summed E-state index contributed by atoms with van der Waals surface area (Å²) in [5.41, 5.74) is 5.09. The van der Waals surface area contributed by atoms with E-state index in [4.69, 9.17) is 0 Å². The third-order valence-corrected chi connectivity index (χ3v) is 4.31. The van der Waals surface area contributed by atoms with Crippen molar-refractivity contribution in [1.82, 2.24) is 9.88 Å². The van der Waals surface area contributed by atoms with Crippen molar-refractivity contribution in [3.8, 4) is 0 Å². The molecule has 0 aliphatic carbocycles. The number of benzene rings is 2. The molecule has 3 aromatic rings. The van der Waals surface area contributed by atoms with Gasteiger partial charge >= 0.3 is 0 Å². The zero-order valence-electron chi connectivity index (χ0n) is 13.9. The van der Waals surface area contributed by atoms with E-state index in [1.54, 1.807) is 0 Å². The molecule has 0 spiro atoms. The van der Waals surface area contributed by atoms with Gasteiger partial charge in [-0.2, -0.15) is 0 Å². The van der Waals surface area contributed by atoms with Crippen molar-refractivity contribution in [2.45, 2.75) is 27.3 Å². The maximum absolute atomic E-state index is 13.0. The number of aromatic amines is 1. The number of rotatable bonds is 4. The number of aryl methyl sites for hydroxylation is 2. The van der Waals surface area contributed by atoms with Gasteiger partial charge in [-0.15, -0.1) is 0 Å². The van der Waals surface area contributed by atoms with Crippen molar-refractivity contribution in [3.05, 3.63) is 70.9 Å². The third kappa shape index (κ3) is 3.00. The first-order chi connectivity index (χ1) is 11.1. The predicted octanol–water partition coefficient (Wildman–Crippen LogP) is 4.45. The van der Waals surface area contributed by atoms with E-state index in [2.05, 4.69) is 42.2 Å². The second kappa shape index (κ2) is 6.29. The number of nitrogens with one attached hydrogen (secondary N) is 1. The van der Waals surface area contributed by atoms with Crippen LogP contribution in [0, 0.1) is 13.8 Å². The first-order valence-corrected chi connectivity index (χ1v) is 8.02. The quantitative estimate of drug-likeness (QED) is 0.759. The lowest BCUT2D eigenvalue weighted by atomic mass is 10.1. The normalized spacial score (nSPS) is 10.9. The van der Waals surface area contributed by atoms with Gasteiger partial charge < -0.3 is 9.88 Å². The van der Waals surface area contributed by atoms with E-state index in [0.717, 1.165) is 22.0 Å². The largest absolute Gasteiger partial charge is 0.350 e. The summed E-state index contributed by atoms with van der Waals surface area (Å²) in [6.45, 7) is 7.40. The third-order valence-electron chi connectivity index (χ3n) is 4.31. The Hall–Kier alpha value is -2.55. The molecule has 0 unspecified atom stereocenters. The van der Waals surface area contributed by atoms with Crippen LogP contribution in [0.15, 0.2) is 48.5 Å². The molecule has 0 atom stereocenters. The van der Waals surface area contributed by atoms with Gasteiger partial charge in [0.25, 0.3) is 5.91 Å². The number of fused-ring (bicyclic) bond motifs is 1. The maximum atomic E-state index is 13.0. The highest BCUT2D eigenvalue weighted by molar-refractivity contribution is 6.01. The Kier molecular flexibility index (Phi) is 4.20. The summed E-state index contributed by atoms with van der Waals surface area (Å²) in [5, 5.41) is 1.12. The van der Waals surface area contributed by atoms with Crippen molar-refractivity contribution in [2.24, 2.45) is 0 Å². The second-order valence-corrected chi connectivity index (χ2v) is 5.98. The van der Waals surface area contributed by atoms with Crippen LogP contribution in [0.2, 0.25) is 0 Å². The SMILES string of the molecule is CCN(Cc1ccccc1)C(=O)c1[nH]c2cc(C)ccc2c1C. The molecule has 0 saturated heterocycles. The monoisotopic (exact) mass is 306 g/mol. The van der Waals surface area contributed by atoms with Crippen LogP contribution in [0.3, 0.4) is 0 Å². The average Bonchev–Trinajstić information content (AvgIpc) is 2.89. The molecule has 0 aliphatic heterocycles. The molecule has 1 N–H and O–H groups in total. The van der Waals surface area contributed by atoms with Crippen LogP contribution in [-0.2, 0) is 6.54 Å². The van der Waals surface area contributed by atoms with Crippen LogP contribution in [0.4, 0.5) is 0 Å². The Labute approximate surface area is 136 Å². The summed E-state index contributed by atoms with van der Waals surface area (Å²) in [4.78, 5) is 18.1. The van der Waals surface area contributed by atoms with Gasteiger partial charge in [0.1, 0.15) is 5.69 Å². The fraction of sp³-hybridized carbons (Fsp3) is 0.250. The van der Waals surface area contributed by atoms with Gasteiger partial charge in [-0.3, -0.25) is 4.79 Å². The average molecular weight is 306 g/mol. The lowest BCUT2D eigenvalue weighted by molar-refractivity contribution is 0.0747. The Morgan fingerprint density at radius 3 is 2.52 bits per heavy atom. The molecule has 2 aromatic carbocycles. The molecule has 0 saturated carbocycles. The first-order valence-electron chi connectivity index (χ1n) is 8.02. The van der Waals surface area contributed by atoms with E-state index >= 15 is 0 Å². The van der Waals surface area contributed by atoms with Gasteiger partial charge in [0.15, 0.2) is 0 Å². The molecule has 118 valence electrons. The maximum Gasteiger partial charge on any atom is 0.270 e. The summed E-state index contributed by atoms with van der Waals surface area (Å²) in [7, 11) is 0. The van der Waals surface area contributed by atoms with Crippen molar-refractivity contribution >= 4 is 16.8 Å². The van der Waals surface area contributed by atoms with Crippen molar-refractivity contribution in [3.63, 3.8) is 0 Å². The molecule has 3 nitrogen and oxygen atoms in total. The van der Waals surface area contributed by atoms with E-state index in [0.29, 0.717) is 18.8 Å². The van der Waals surface area contributed by atoms with E-state index in [1.807, 2.05) is 36.9 Å². The zero-order valence-corrected chi connectivity index (χ0v) is 13.9.